The Balaban J connectivity index is 1.62. The normalized spacial score (nSPS) is 11.4. The van der Waals surface area contributed by atoms with E-state index in [1.807, 2.05) is 66.7 Å². The van der Waals surface area contributed by atoms with Gasteiger partial charge in [0.15, 0.2) is 0 Å². The second kappa shape index (κ2) is 7.27. The van der Waals surface area contributed by atoms with Gasteiger partial charge in [0.05, 0.1) is 5.69 Å². The summed E-state index contributed by atoms with van der Waals surface area (Å²) in [6.07, 6.45) is -1.42. The third-order valence-electron chi connectivity index (χ3n) is 4.43. The lowest BCUT2D eigenvalue weighted by molar-refractivity contribution is -0.141. The molecule has 2 aromatic carbocycles. The molecule has 4 aromatic rings. The first kappa shape index (κ1) is 17.9. The highest BCUT2D eigenvalue weighted by atomic mass is 19.4. The van der Waals surface area contributed by atoms with Gasteiger partial charge in [-0.3, -0.25) is 9.97 Å². The first-order valence-electron chi connectivity index (χ1n) is 8.66. The number of hydrogen-bond acceptors (Lipinski definition) is 2. The summed E-state index contributed by atoms with van der Waals surface area (Å²) in [6.45, 7) is 0. The number of pyridine rings is 2. The Morgan fingerprint density at radius 2 is 1.25 bits per heavy atom. The summed E-state index contributed by atoms with van der Waals surface area (Å²) < 4.78 is 38.1. The minimum absolute atomic E-state index is 0.639. The highest BCUT2D eigenvalue weighted by Crippen LogP contribution is 2.31. The van der Waals surface area contributed by atoms with Crippen molar-refractivity contribution >= 4 is 0 Å². The fraction of sp³-hybridized carbons (Fsp3) is 0.0435. The van der Waals surface area contributed by atoms with Gasteiger partial charge in [0.2, 0.25) is 0 Å². The summed E-state index contributed by atoms with van der Waals surface area (Å²) in [4.78, 5) is 7.88. The van der Waals surface area contributed by atoms with Crippen LogP contribution in [0.15, 0.2) is 91.3 Å². The molecule has 2 heterocycles. The molecule has 0 saturated carbocycles. The highest BCUT2D eigenvalue weighted by Gasteiger charge is 2.32. The van der Waals surface area contributed by atoms with Gasteiger partial charge in [-0.15, -0.1) is 0 Å². The third kappa shape index (κ3) is 3.78. The van der Waals surface area contributed by atoms with Gasteiger partial charge in [-0.1, -0.05) is 54.6 Å². The second-order valence-corrected chi connectivity index (χ2v) is 6.30. The molecule has 0 aliphatic carbocycles. The minimum atomic E-state index is -4.43. The summed E-state index contributed by atoms with van der Waals surface area (Å²) in [5.41, 5.74) is 4.47. The first-order valence-corrected chi connectivity index (χ1v) is 8.66. The molecule has 0 aliphatic heterocycles. The quantitative estimate of drug-likeness (QED) is 0.408. The summed E-state index contributed by atoms with van der Waals surface area (Å²) >= 11 is 0. The predicted molar refractivity (Wildman–Crippen MR) is 103 cm³/mol. The molecule has 0 saturated heterocycles. The van der Waals surface area contributed by atoms with Gasteiger partial charge in [-0.2, -0.15) is 13.2 Å². The van der Waals surface area contributed by atoms with E-state index in [1.165, 1.54) is 12.3 Å². The molecular weight excluding hydrogens is 361 g/mol. The van der Waals surface area contributed by atoms with E-state index in [-0.39, 0.29) is 0 Å². The zero-order valence-corrected chi connectivity index (χ0v) is 14.7. The molecule has 0 amide bonds. The van der Waals surface area contributed by atoms with Crippen molar-refractivity contribution in [3.63, 3.8) is 0 Å². The van der Waals surface area contributed by atoms with Crippen molar-refractivity contribution < 1.29 is 13.2 Å². The number of nitrogens with zero attached hydrogens (tertiary/aromatic N) is 2. The van der Waals surface area contributed by atoms with E-state index in [2.05, 4.69) is 9.97 Å². The largest absolute Gasteiger partial charge is 0.433 e. The minimum Gasteiger partial charge on any atom is -0.256 e. The van der Waals surface area contributed by atoms with Gasteiger partial charge in [-0.25, -0.2) is 0 Å². The van der Waals surface area contributed by atoms with Gasteiger partial charge < -0.3 is 0 Å². The topological polar surface area (TPSA) is 25.8 Å². The molecule has 0 fully saturated rings. The summed E-state index contributed by atoms with van der Waals surface area (Å²) in [5, 5.41) is 0. The van der Waals surface area contributed by atoms with Crippen molar-refractivity contribution in [2.24, 2.45) is 0 Å². The number of hydrogen-bond donors (Lipinski definition) is 0. The molecule has 4 rings (SSSR count). The van der Waals surface area contributed by atoms with Crippen LogP contribution in [0.1, 0.15) is 5.69 Å². The van der Waals surface area contributed by atoms with Crippen LogP contribution in [0.3, 0.4) is 0 Å². The maximum Gasteiger partial charge on any atom is 0.433 e. The monoisotopic (exact) mass is 376 g/mol. The summed E-state index contributed by atoms with van der Waals surface area (Å²) in [6, 6.07) is 23.9. The van der Waals surface area contributed by atoms with Gasteiger partial charge in [0.25, 0.3) is 0 Å². The van der Waals surface area contributed by atoms with E-state index in [4.69, 9.17) is 0 Å². The van der Waals surface area contributed by atoms with Gasteiger partial charge in [0, 0.05) is 23.5 Å². The molecule has 0 unspecified atom stereocenters. The fourth-order valence-corrected chi connectivity index (χ4v) is 2.98. The first-order chi connectivity index (χ1) is 13.5. The Morgan fingerprint density at radius 3 is 1.86 bits per heavy atom. The van der Waals surface area contributed by atoms with E-state index in [9.17, 15) is 13.2 Å². The third-order valence-corrected chi connectivity index (χ3v) is 4.43. The molecule has 0 bridgehead atoms. The molecule has 5 heteroatoms. The van der Waals surface area contributed by atoms with Gasteiger partial charge in [-0.05, 0) is 41.0 Å². The SMILES string of the molecule is FC(F)(F)c1ccc(-c2cccc(-c3ccc(-c4ccccn4)cc3)c2)cn1. The molecule has 138 valence electrons. The van der Waals surface area contributed by atoms with Crippen LogP contribution in [0.25, 0.3) is 33.5 Å². The molecule has 28 heavy (non-hydrogen) atoms. The van der Waals surface area contributed by atoms with Crippen LogP contribution in [0.4, 0.5) is 13.2 Å². The smallest absolute Gasteiger partial charge is 0.256 e. The van der Waals surface area contributed by atoms with E-state index in [0.717, 1.165) is 34.0 Å². The maximum absolute atomic E-state index is 12.7. The van der Waals surface area contributed by atoms with Crippen molar-refractivity contribution in [2.75, 3.05) is 0 Å². The molecule has 0 aliphatic rings. The van der Waals surface area contributed by atoms with Crippen LogP contribution >= 0.6 is 0 Å². The van der Waals surface area contributed by atoms with Crippen LogP contribution in [0.2, 0.25) is 0 Å². The van der Waals surface area contributed by atoms with E-state index >= 15 is 0 Å². The summed E-state index contributed by atoms with van der Waals surface area (Å²) in [5.74, 6) is 0. The Labute approximate surface area is 160 Å². The number of rotatable bonds is 3. The van der Waals surface area contributed by atoms with Crippen LogP contribution in [-0.4, -0.2) is 9.97 Å². The van der Waals surface area contributed by atoms with Crippen LogP contribution in [0, 0.1) is 0 Å². The predicted octanol–water partition coefficient (Wildman–Crippen LogP) is 6.50. The van der Waals surface area contributed by atoms with Crippen LogP contribution in [0.5, 0.6) is 0 Å². The Bertz CT molecular complexity index is 1070. The molecule has 0 spiro atoms. The van der Waals surface area contributed by atoms with Crippen molar-refractivity contribution in [3.05, 3.63) is 97.0 Å². The fourth-order valence-electron chi connectivity index (χ4n) is 2.98. The second-order valence-electron chi connectivity index (χ2n) is 6.30. The average Bonchev–Trinajstić information content (AvgIpc) is 2.74. The zero-order chi connectivity index (χ0) is 19.6. The molecule has 0 atom stereocenters. The van der Waals surface area contributed by atoms with Crippen molar-refractivity contribution in [2.45, 2.75) is 6.18 Å². The highest BCUT2D eigenvalue weighted by molar-refractivity contribution is 5.74. The standard InChI is InChI=1S/C23H15F3N2/c24-23(25,26)22-12-11-20(15-28-22)19-5-3-4-18(14-19)16-7-9-17(10-8-16)21-6-1-2-13-27-21/h1-15H. The van der Waals surface area contributed by atoms with Gasteiger partial charge in [0.1, 0.15) is 5.69 Å². The van der Waals surface area contributed by atoms with Crippen molar-refractivity contribution in [1.29, 1.82) is 0 Å². The van der Waals surface area contributed by atoms with Crippen molar-refractivity contribution in [3.8, 4) is 33.5 Å². The number of halogens is 3. The van der Waals surface area contributed by atoms with E-state index in [0.29, 0.717) is 5.56 Å². The lowest BCUT2D eigenvalue weighted by atomic mass is 9.98. The van der Waals surface area contributed by atoms with Gasteiger partial charge >= 0.3 is 6.18 Å². The number of aromatic nitrogens is 2. The zero-order valence-electron chi connectivity index (χ0n) is 14.7. The summed E-state index contributed by atoms with van der Waals surface area (Å²) in [7, 11) is 0. The molecule has 2 aromatic heterocycles. The Kier molecular flexibility index (Phi) is 4.65. The maximum atomic E-state index is 12.7. The van der Waals surface area contributed by atoms with E-state index in [1.54, 1.807) is 6.20 Å². The van der Waals surface area contributed by atoms with Crippen molar-refractivity contribution in [1.82, 2.24) is 9.97 Å². The molecular formula is C23H15F3N2. The lowest BCUT2D eigenvalue weighted by Gasteiger charge is -2.09. The molecule has 2 nitrogen and oxygen atoms in total. The molecule has 0 radical (unpaired) electrons. The van der Waals surface area contributed by atoms with Crippen LogP contribution in [-0.2, 0) is 6.18 Å². The Hall–Kier alpha value is -3.47. The average molecular weight is 376 g/mol. The molecule has 0 N–H and O–H groups in total. The van der Waals surface area contributed by atoms with Crippen LogP contribution < -0.4 is 0 Å². The lowest BCUT2D eigenvalue weighted by Crippen LogP contribution is -2.07. The Morgan fingerprint density at radius 1 is 0.571 bits per heavy atom. The van der Waals surface area contributed by atoms with E-state index < -0.39 is 11.9 Å². The number of benzene rings is 2. The number of alkyl halides is 3.